The molecule has 1 aliphatic heterocycles. The molecule has 0 aromatic rings. The highest BCUT2D eigenvalue weighted by Gasteiger charge is 2.07. The zero-order chi connectivity index (χ0) is 9.52. The number of terminal acetylenes is 1. The van der Waals surface area contributed by atoms with Crippen LogP contribution in [-0.4, -0.2) is 36.2 Å². The van der Waals surface area contributed by atoms with Gasteiger partial charge in [-0.25, -0.2) is 0 Å². The normalized spacial score (nSPS) is 18.3. The van der Waals surface area contributed by atoms with Gasteiger partial charge in [-0.15, -0.1) is 6.42 Å². The van der Waals surface area contributed by atoms with Crippen molar-refractivity contribution in [3.63, 3.8) is 0 Å². The number of oxime groups is 1. The average molecular weight is 180 g/mol. The quantitative estimate of drug-likeness (QED) is 0.300. The summed E-state index contributed by atoms with van der Waals surface area (Å²) in [5.41, 5.74) is 0.936. The molecule has 0 unspecified atom stereocenters. The molecular weight excluding hydrogens is 168 g/mol. The van der Waals surface area contributed by atoms with Crippen molar-refractivity contribution in [2.75, 3.05) is 19.7 Å². The van der Waals surface area contributed by atoms with E-state index in [9.17, 15) is 0 Å². The second kappa shape index (κ2) is 5.36. The van der Waals surface area contributed by atoms with Crippen LogP contribution in [0.2, 0.25) is 0 Å². The molecule has 1 aliphatic rings. The maximum absolute atomic E-state index is 9.14. The standard InChI is InChI=1S/C9H12N2O2/c1-2-6-13-10-7-9-4-3-5-11(12)8-9/h1,4,7,12H,3,5-6,8H2/b10-7+. The monoisotopic (exact) mass is 180 g/mol. The minimum atomic E-state index is 0.173. The van der Waals surface area contributed by atoms with Crippen molar-refractivity contribution < 1.29 is 10.0 Å². The maximum Gasteiger partial charge on any atom is 0.177 e. The molecule has 4 nitrogen and oxygen atoms in total. The second-order valence-corrected chi connectivity index (χ2v) is 2.67. The molecule has 0 saturated carbocycles. The number of hydroxylamine groups is 2. The first-order valence-corrected chi connectivity index (χ1v) is 4.04. The van der Waals surface area contributed by atoms with Gasteiger partial charge in [-0.3, -0.25) is 0 Å². The highest BCUT2D eigenvalue weighted by atomic mass is 16.6. The SMILES string of the molecule is C#CCO/N=C/C1=CCCN(O)C1. The number of nitrogens with zero attached hydrogens (tertiary/aromatic N) is 2. The molecule has 13 heavy (non-hydrogen) atoms. The van der Waals surface area contributed by atoms with Gasteiger partial charge in [-0.1, -0.05) is 17.2 Å². The van der Waals surface area contributed by atoms with Crippen LogP contribution >= 0.6 is 0 Å². The summed E-state index contributed by atoms with van der Waals surface area (Å²) < 4.78 is 0. The highest BCUT2D eigenvalue weighted by Crippen LogP contribution is 2.04. The summed E-state index contributed by atoms with van der Waals surface area (Å²) in [5, 5.41) is 14.0. The Morgan fingerprint density at radius 1 is 1.85 bits per heavy atom. The third-order valence-corrected chi connectivity index (χ3v) is 1.60. The lowest BCUT2D eigenvalue weighted by atomic mass is 10.2. The second-order valence-electron chi connectivity index (χ2n) is 2.67. The summed E-state index contributed by atoms with van der Waals surface area (Å²) in [6.07, 6.45) is 9.36. The predicted octanol–water partition coefficient (Wildman–Crippen LogP) is 0.643. The number of hydrogen-bond donors (Lipinski definition) is 1. The lowest BCUT2D eigenvalue weighted by Crippen LogP contribution is -2.26. The van der Waals surface area contributed by atoms with Gasteiger partial charge in [-0.2, -0.15) is 5.06 Å². The molecule has 0 spiro atoms. The van der Waals surface area contributed by atoms with Crippen LogP contribution in [-0.2, 0) is 4.84 Å². The molecule has 0 aromatic heterocycles. The summed E-state index contributed by atoms with van der Waals surface area (Å²) in [6.45, 7) is 1.33. The highest BCUT2D eigenvalue weighted by molar-refractivity contribution is 5.78. The number of hydrogen-bond acceptors (Lipinski definition) is 4. The third-order valence-electron chi connectivity index (χ3n) is 1.60. The van der Waals surface area contributed by atoms with Crippen molar-refractivity contribution in [2.24, 2.45) is 5.16 Å². The van der Waals surface area contributed by atoms with Crippen LogP contribution in [0.15, 0.2) is 16.8 Å². The van der Waals surface area contributed by atoms with Gasteiger partial charge in [-0.05, 0) is 12.0 Å². The minimum Gasteiger partial charge on any atom is -0.383 e. The molecule has 0 atom stereocenters. The topological polar surface area (TPSA) is 45.1 Å². The van der Waals surface area contributed by atoms with Crippen molar-refractivity contribution in [3.05, 3.63) is 11.6 Å². The zero-order valence-corrected chi connectivity index (χ0v) is 7.31. The summed E-state index contributed by atoms with van der Waals surface area (Å²) in [4.78, 5) is 4.71. The van der Waals surface area contributed by atoms with Crippen LogP contribution in [0.25, 0.3) is 0 Å². The van der Waals surface area contributed by atoms with E-state index in [1.54, 1.807) is 6.21 Å². The fraction of sp³-hybridized carbons (Fsp3) is 0.444. The average Bonchev–Trinajstić information content (AvgIpc) is 2.13. The summed E-state index contributed by atoms with van der Waals surface area (Å²) in [7, 11) is 0. The molecule has 70 valence electrons. The zero-order valence-electron chi connectivity index (χ0n) is 7.31. The summed E-state index contributed by atoms with van der Waals surface area (Å²) in [5.74, 6) is 2.30. The molecular formula is C9H12N2O2. The summed E-state index contributed by atoms with van der Waals surface area (Å²) >= 11 is 0. The van der Waals surface area contributed by atoms with Gasteiger partial charge >= 0.3 is 0 Å². The molecule has 0 aromatic carbocycles. The van der Waals surface area contributed by atoms with Crippen LogP contribution in [0.1, 0.15) is 6.42 Å². The summed E-state index contributed by atoms with van der Waals surface area (Å²) in [6, 6.07) is 0. The molecule has 0 saturated heterocycles. The third kappa shape index (κ3) is 3.74. The fourth-order valence-electron chi connectivity index (χ4n) is 1.03. The van der Waals surface area contributed by atoms with E-state index in [4.69, 9.17) is 16.5 Å². The van der Waals surface area contributed by atoms with E-state index >= 15 is 0 Å². The largest absolute Gasteiger partial charge is 0.383 e. The van der Waals surface area contributed by atoms with Gasteiger partial charge < -0.3 is 10.0 Å². The van der Waals surface area contributed by atoms with E-state index in [0.29, 0.717) is 13.1 Å². The van der Waals surface area contributed by atoms with Crippen molar-refractivity contribution in [3.8, 4) is 12.3 Å². The van der Waals surface area contributed by atoms with Gasteiger partial charge in [0.15, 0.2) is 6.61 Å². The van der Waals surface area contributed by atoms with Crippen LogP contribution in [0.4, 0.5) is 0 Å². The predicted molar refractivity (Wildman–Crippen MR) is 49.3 cm³/mol. The van der Waals surface area contributed by atoms with Gasteiger partial charge in [0, 0.05) is 6.54 Å². The lowest BCUT2D eigenvalue weighted by Gasteiger charge is -2.18. The Morgan fingerprint density at radius 2 is 2.69 bits per heavy atom. The Hall–Kier alpha value is -1.31. The van der Waals surface area contributed by atoms with Crippen molar-refractivity contribution in [1.29, 1.82) is 0 Å². The Morgan fingerprint density at radius 3 is 3.38 bits per heavy atom. The Balaban J connectivity index is 2.32. The number of rotatable bonds is 3. The van der Waals surface area contributed by atoms with E-state index in [2.05, 4.69) is 11.1 Å². The molecule has 0 amide bonds. The van der Waals surface area contributed by atoms with Crippen molar-refractivity contribution >= 4 is 6.21 Å². The molecule has 0 radical (unpaired) electrons. The van der Waals surface area contributed by atoms with Gasteiger partial charge in [0.2, 0.25) is 0 Å². The maximum atomic E-state index is 9.14. The van der Waals surface area contributed by atoms with E-state index in [1.165, 1.54) is 5.06 Å². The Kier molecular flexibility index (Phi) is 4.03. The molecule has 1 heterocycles. The lowest BCUT2D eigenvalue weighted by molar-refractivity contribution is -0.0830. The van der Waals surface area contributed by atoms with Crippen LogP contribution in [0, 0.1) is 12.3 Å². The first-order valence-electron chi connectivity index (χ1n) is 4.04. The van der Waals surface area contributed by atoms with E-state index in [1.807, 2.05) is 6.08 Å². The van der Waals surface area contributed by atoms with Crippen LogP contribution in [0.3, 0.4) is 0 Å². The first kappa shape index (κ1) is 9.78. The minimum absolute atomic E-state index is 0.173. The Bertz CT molecular complexity index is 253. The molecule has 0 fully saturated rings. The molecule has 0 aliphatic carbocycles. The molecule has 1 N–H and O–H groups in total. The van der Waals surface area contributed by atoms with Crippen LogP contribution < -0.4 is 0 Å². The van der Waals surface area contributed by atoms with Crippen molar-refractivity contribution in [2.45, 2.75) is 6.42 Å². The van der Waals surface area contributed by atoms with Gasteiger partial charge in [0.25, 0.3) is 0 Å². The van der Waals surface area contributed by atoms with Gasteiger partial charge in [0.05, 0.1) is 12.8 Å². The van der Waals surface area contributed by atoms with E-state index in [0.717, 1.165) is 12.0 Å². The molecule has 4 heteroatoms. The first-order chi connectivity index (χ1) is 6.33. The van der Waals surface area contributed by atoms with Crippen LogP contribution in [0.5, 0.6) is 0 Å². The smallest absolute Gasteiger partial charge is 0.177 e. The van der Waals surface area contributed by atoms with Gasteiger partial charge in [0.1, 0.15) is 0 Å². The van der Waals surface area contributed by atoms with Crippen molar-refractivity contribution in [1.82, 2.24) is 5.06 Å². The van der Waals surface area contributed by atoms with E-state index < -0.39 is 0 Å². The van der Waals surface area contributed by atoms with E-state index in [-0.39, 0.29) is 6.61 Å². The fourth-order valence-corrected chi connectivity index (χ4v) is 1.03. The molecule has 0 bridgehead atoms. The molecule has 1 rings (SSSR count). The Labute approximate surface area is 77.4 Å².